The lowest BCUT2D eigenvalue weighted by atomic mass is 10.6. The summed E-state index contributed by atoms with van der Waals surface area (Å²) < 4.78 is 4.33. The van der Waals surface area contributed by atoms with Gasteiger partial charge in [-0.25, -0.2) is 4.79 Å². The second kappa shape index (κ2) is 3.40. The van der Waals surface area contributed by atoms with E-state index in [4.69, 9.17) is 0 Å². The molecule has 0 amide bonds. The molecule has 0 spiro atoms. The third-order valence-electron chi connectivity index (χ3n) is 0.421. The maximum atomic E-state index is 10.1. The smallest absolute Gasteiger partial charge is 0.324 e. The van der Waals surface area contributed by atoms with Crippen LogP contribution in [0.4, 0.5) is 0 Å². The Labute approximate surface area is 45.0 Å². The highest BCUT2D eigenvalue weighted by Gasteiger charge is 1.83. The highest BCUT2D eigenvalue weighted by atomic mass is 28.2. The van der Waals surface area contributed by atoms with E-state index in [-0.39, 0.29) is 5.97 Å². The van der Waals surface area contributed by atoms with E-state index in [1.165, 1.54) is 0 Å². The van der Waals surface area contributed by atoms with Crippen LogP contribution in [0, 0.1) is 0 Å². The molecule has 7 heavy (non-hydrogen) atoms. The van der Waals surface area contributed by atoms with E-state index >= 15 is 0 Å². The summed E-state index contributed by atoms with van der Waals surface area (Å²) in [6.07, 6.45) is 1.16. The Morgan fingerprint density at radius 3 is 2.71 bits per heavy atom. The molecule has 0 aliphatic rings. The minimum Gasteiger partial charge on any atom is -0.525 e. The maximum absolute atomic E-state index is 10.1. The first-order valence-electron chi connectivity index (χ1n) is 1.75. The fourth-order valence-electron chi connectivity index (χ4n) is 0.142. The lowest BCUT2D eigenvalue weighted by Gasteiger charge is -1.84. The van der Waals surface area contributed by atoms with Gasteiger partial charge in [-0.15, -0.1) is 5.73 Å². The van der Waals surface area contributed by atoms with Crippen LogP contribution in [0.15, 0.2) is 18.4 Å². The van der Waals surface area contributed by atoms with E-state index in [1.54, 1.807) is 0 Å². The summed E-state index contributed by atoms with van der Waals surface area (Å²) in [6, 6.07) is 0. The van der Waals surface area contributed by atoms with Crippen LogP contribution >= 0.6 is 0 Å². The lowest BCUT2D eigenvalue weighted by molar-refractivity contribution is -0.128. The first kappa shape index (κ1) is 6.21. The van der Waals surface area contributed by atoms with Crippen molar-refractivity contribution in [2.24, 2.45) is 0 Å². The molecule has 0 bridgehead atoms. The Bertz CT molecular complexity index is 113. The highest BCUT2D eigenvalue weighted by Crippen LogP contribution is 1.69. The molecule has 0 aliphatic carbocycles. The fourth-order valence-corrected chi connectivity index (χ4v) is 0.260. The molecule has 0 saturated heterocycles. The summed E-state index contributed by atoms with van der Waals surface area (Å²) in [5.74, 6) is -0.360. The van der Waals surface area contributed by atoms with Gasteiger partial charge in [0.2, 0.25) is 10.5 Å². The van der Waals surface area contributed by atoms with E-state index < -0.39 is 0 Å². The van der Waals surface area contributed by atoms with E-state index in [2.05, 4.69) is 16.7 Å². The Morgan fingerprint density at radius 1 is 2.00 bits per heavy atom. The molecule has 38 valence electrons. The van der Waals surface area contributed by atoms with Gasteiger partial charge in [0.05, 0.1) is 6.08 Å². The third-order valence-corrected chi connectivity index (χ3v) is 0.823. The summed E-state index contributed by atoms with van der Waals surface area (Å²) in [6.45, 7) is 3.18. The molecule has 0 heterocycles. The predicted octanol–water partition coefficient (Wildman–Crippen LogP) is -0.849. The van der Waals surface area contributed by atoms with Crippen molar-refractivity contribution in [1.29, 1.82) is 0 Å². The van der Waals surface area contributed by atoms with E-state index in [9.17, 15) is 4.79 Å². The fraction of sp³-hybridized carbons (Fsp3) is 0. The van der Waals surface area contributed by atoms with Gasteiger partial charge in [0, 0.05) is 0 Å². The predicted molar refractivity (Wildman–Crippen MR) is 29.7 cm³/mol. The normalized spacial score (nSPS) is 6.86. The largest absolute Gasteiger partial charge is 0.525 e. The molecule has 2 nitrogen and oxygen atoms in total. The molecule has 0 fully saturated rings. The molecule has 0 N–H and O–H groups in total. The van der Waals surface area contributed by atoms with Gasteiger partial charge in [-0.2, -0.15) is 0 Å². The van der Waals surface area contributed by atoms with E-state index in [0.29, 0.717) is 10.5 Å². The maximum Gasteiger partial charge on any atom is 0.324 e. The Morgan fingerprint density at radius 2 is 2.57 bits per heavy atom. The molecule has 0 aliphatic heterocycles. The van der Waals surface area contributed by atoms with E-state index in [0.717, 1.165) is 6.08 Å². The second-order valence-corrected chi connectivity index (χ2v) is 1.28. The molecule has 0 radical (unpaired) electrons. The van der Waals surface area contributed by atoms with Crippen molar-refractivity contribution in [3.8, 4) is 0 Å². The first-order valence-corrected chi connectivity index (χ1v) is 2.56. The van der Waals surface area contributed by atoms with Gasteiger partial charge < -0.3 is 4.43 Å². The zero-order valence-corrected chi connectivity index (χ0v) is 6.10. The Balaban J connectivity index is 3.58. The van der Waals surface area contributed by atoms with Crippen molar-refractivity contribution < 1.29 is 9.22 Å². The van der Waals surface area contributed by atoms with E-state index in [1.807, 2.05) is 0 Å². The monoisotopic (exact) mass is 114 g/mol. The van der Waals surface area contributed by atoms with Crippen LogP contribution in [0.1, 0.15) is 0 Å². The SMILES string of the molecule is C=C=CC(=O)O[SiH3]. The van der Waals surface area contributed by atoms with Gasteiger partial charge in [0.25, 0.3) is 0 Å². The van der Waals surface area contributed by atoms with Crippen LogP contribution in [0.25, 0.3) is 0 Å². The molecule has 0 aromatic heterocycles. The topological polar surface area (TPSA) is 26.3 Å². The van der Waals surface area contributed by atoms with Gasteiger partial charge in [0.15, 0.2) is 0 Å². The summed E-state index contributed by atoms with van der Waals surface area (Å²) in [5.41, 5.74) is 2.29. The van der Waals surface area contributed by atoms with Crippen LogP contribution in [0.2, 0.25) is 0 Å². The lowest BCUT2D eigenvalue weighted by Crippen LogP contribution is -1.93. The standard InChI is InChI=1S/C4H6O2Si/c1-2-3-4(5)6-7/h3H,1H2,7H3. The molecule has 0 saturated carbocycles. The molecule has 3 heteroatoms. The minimum absolute atomic E-state index is 0.360. The van der Waals surface area contributed by atoms with Crippen LogP contribution < -0.4 is 0 Å². The van der Waals surface area contributed by atoms with Gasteiger partial charge in [0.1, 0.15) is 0 Å². The van der Waals surface area contributed by atoms with Crippen molar-refractivity contribution >= 4 is 16.5 Å². The summed E-state index contributed by atoms with van der Waals surface area (Å²) >= 11 is 0. The molecular weight excluding hydrogens is 108 g/mol. The summed E-state index contributed by atoms with van der Waals surface area (Å²) in [7, 11) is 0.438. The number of rotatable bonds is 1. The van der Waals surface area contributed by atoms with Gasteiger partial charge in [-0.1, -0.05) is 6.58 Å². The molecule has 0 aromatic carbocycles. The average molecular weight is 114 g/mol. The molecule has 0 atom stereocenters. The Hall–Kier alpha value is -0.793. The van der Waals surface area contributed by atoms with Crippen LogP contribution in [0.3, 0.4) is 0 Å². The number of hydrogen-bond donors (Lipinski definition) is 0. The summed E-state index contributed by atoms with van der Waals surface area (Å²) in [4.78, 5) is 10.1. The quantitative estimate of drug-likeness (QED) is 0.252. The second-order valence-electron chi connectivity index (χ2n) is 0.872. The third kappa shape index (κ3) is 3.03. The van der Waals surface area contributed by atoms with Crippen molar-refractivity contribution in [3.63, 3.8) is 0 Å². The number of carbonyl (C=O) groups excluding carboxylic acids is 1. The van der Waals surface area contributed by atoms with Crippen molar-refractivity contribution in [2.75, 3.05) is 0 Å². The van der Waals surface area contributed by atoms with Gasteiger partial charge in [-0.3, -0.25) is 0 Å². The van der Waals surface area contributed by atoms with Gasteiger partial charge >= 0.3 is 5.97 Å². The van der Waals surface area contributed by atoms with Crippen LogP contribution in [-0.4, -0.2) is 16.5 Å². The molecular formula is C4H6O2Si. The zero-order chi connectivity index (χ0) is 5.70. The molecule has 0 aromatic rings. The molecule has 0 unspecified atom stereocenters. The number of hydrogen-bond acceptors (Lipinski definition) is 2. The average Bonchev–Trinajstić information content (AvgIpc) is 1.68. The van der Waals surface area contributed by atoms with Crippen molar-refractivity contribution in [2.45, 2.75) is 0 Å². The summed E-state index contributed by atoms with van der Waals surface area (Å²) in [5, 5.41) is 0. The van der Waals surface area contributed by atoms with Crippen LogP contribution in [-0.2, 0) is 9.22 Å². The van der Waals surface area contributed by atoms with Gasteiger partial charge in [-0.05, 0) is 0 Å². The highest BCUT2D eigenvalue weighted by molar-refractivity contribution is 6.07. The zero-order valence-electron chi connectivity index (χ0n) is 4.10. The first-order chi connectivity index (χ1) is 3.31. The van der Waals surface area contributed by atoms with Crippen molar-refractivity contribution in [1.82, 2.24) is 0 Å². The minimum atomic E-state index is -0.360. The number of carbonyl (C=O) groups is 1. The van der Waals surface area contributed by atoms with Crippen molar-refractivity contribution in [3.05, 3.63) is 18.4 Å². The molecule has 0 rings (SSSR count). The Kier molecular flexibility index (Phi) is 3.01. The van der Waals surface area contributed by atoms with Crippen LogP contribution in [0.5, 0.6) is 0 Å².